The van der Waals surface area contributed by atoms with Crippen LogP contribution in [0.25, 0.3) is 11.3 Å². The molecule has 0 atom stereocenters. The summed E-state index contributed by atoms with van der Waals surface area (Å²) >= 11 is 0. The fourth-order valence-electron chi connectivity index (χ4n) is 2.61. The zero-order chi connectivity index (χ0) is 11.5. The summed E-state index contributed by atoms with van der Waals surface area (Å²) in [6.07, 6.45) is 6.53. The molecule has 0 spiro atoms. The van der Waals surface area contributed by atoms with Crippen molar-refractivity contribution in [1.82, 2.24) is 5.16 Å². The van der Waals surface area contributed by atoms with Crippen molar-refractivity contribution in [1.29, 1.82) is 0 Å². The van der Waals surface area contributed by atoms with E-state index in [2.05, 4.69) is 23.4 Å². The van der Waals surface area contributed by atoms with Crippen LogP contribution in [0.3, 0.4) is 0 Å². The van der Waals surface area contributed by atoms with E-state index in [1.54, 1.807) is 0 Å². The van der Waals surface area contributed by atoms with Crippen molar-refractivity contribution >= 4 is 0 Å². The van der Waals surface area contributed by atoms with Crippen molar-refractivity contribution in [3.05, 3.63) is 42.2 Å². The van der Waals surface area contributed by atoms with E-state index in [0.717, 1.165) is 17.0 Å². The first-order chi connectivity index (χ1) is 8.43. The number of hydrogen-bond donors (Lipinski definition) is 0. The molecule has 0 saturated heterocycles. The molecule has 1 saturated carbocycles. The monoisotopic (exact) mass is 227 g/mol. The minimum absolute atomic E-state index is 0.591. The van der Waals surface area contributed by atoms with E-state index in [1.807, 2.05) is 18.2 Å². The minimum Gasteiger partial charge on any atom is -0.360 e. The molecular weight excluding hydrogens is 210 g/mol. The third-order valence-corrected chi connectivity index (χ3v) is 3.61. The fourth-order valence-corrected chi connectivity index (χ4v) is 2.61. The van der Waals surface area contributed by atoms with E-state index in [4.69, 9.17) is 4.52 Å². The zero-order valence-corrected chi connectivity index (χ0v) is 9.93. The molecule has 1 heterocycles. The lowest BCUT2D eigenvalue weighted by atomic mass is 9.87. The standard InChI is InChI=1S/C15H17NO/c1-3-7-12(8-4-1)14-11-15(17-16-14)13-9-5-2-6-10-13/h1,3-4,7-8,11,13H,2,5-6,9-10H2. The Labute approximate surface area is 102 Å². The Morgan fingerprint density at radius 3 is 2.53 bits per heavy atom. The average molecular weight is 227 g/mol. The van der Waals surface area contributed by atoms with Crippen LogP contribution in [-0.2, 0) is 0 Å². The number of aromatic nitrogens is 1. The van der Waals surface area contributed by atoms with Gasteiger partial charge in [0.2, 0.25) is 0 Å². The van der Waals surface area contributed by atoms with Gasteiger partial charge < -0.3 is 4.52 Å². The molecule has 0 bridgehead atoms. The van der Waals surface area contributed by atoms with Crippen LogP contribution >= 0.6 is 0 Å². The highest BCUT2D eigenvalue weighted by molar-refractivity contribution is 5.58. The van der Waals surface area contributed by atoms with Crippen LogP contribution in [-0.4, -0.2) is 5.16 Å². The van der Waals surface area contributed by atoms with Gasteiger partial charge in [0.25, 0.3) is 0 Å². The Morgan fingerprint density at radius 1 is 1.00 bits per heavy atom. The normalized spacial score (nSPS) is 17.2. The first kappa shape index (κ1) is 10.6. The maximum atomic E-state index is 5.51. The molecule has 3 rings (SSSR count). The number of hydrogen-bond acceptors (Lipinski definition) is 2. The minimum atomic E-state index is 0.591. The number of rotatable bonds is 2. The van der Waals surface area contributed by atoms with Crippen molar-refractivity contribution in [2.75, 3.05) is 0 Å². The summed E-state index contributed by atoms with van der Waals surface area (Å²) in [5, 5.41) is 4.19. The van der Waals surface area contributed by atoms with Gasteiger partial charge >= 0.3 is 0 Å². The van der Waals surface area contributed by atoms with Crippen molar-refractivity contribution in [2.24, 2.45) is 0 Å². The van der Waals surface area contributed by atoms with Crippen LogP contribution in [0.5, 0.6) is 0 Å². The van der Waals surface area contributed by atoms with Crippen LogP contribution in [0.15, 0.2) is 40.9 Å². The quantitative estimate of drug-likeness (QED) is 0.760. The van der Waals surface area contributed by atoms with E-state index >= 15 is 0 Å². The highest BCUT2D eigenvalue weighted by Crippen LogP contribution is 2.34. The topological polar surface area (TPSA) is 26.0 Å². The van der Waals surface area contributed by atoms with E-state index in [-0.39, 0.29) is 0 Å². The van der Waals surface area contributed by atoms with Gasteiger partial charge in [0.15, 0.2) is 0 Å². The van der Waals surface area contributed by atoms with Crippen LogP contribution in [0.2, 0.25) is 0 Å². The molecule has 1 aliphatic rings. The summed E-state index contributed by atoms with van der Waals surface area (Å²) in [5.41, 5.74) is 2.10. The SMILES string of the molecule is c1ccc(-c2cc(C3CCCCC3)on2)cc1. The predicted molar refractivity (Wildman–Crippen MR) is 67.8 cm³/mol. The Kier molecular flexibility index (Phi) is 2.95. The van der Waals surface area contributed by atoms with Gasteiger partial charge in [-0.3, -0.25) is 0 Å². The molecular formula is C15H17NO. The Hall–Kier alpha value is -1.57. The summed E-state index contributed by atoms with van der Waals surface area (Å²) < 4.78 is 5.51. The number of nitrogens with zero attached hydrogens (tertiary/aromatic N) is 1. The number of benzene rings is 1. The highest BCUT2D eigenvalue weighted by atomic mass is 16.5. The summed E-state index contributed by atoms with van der Waals surface area (Å²) in [5.74, 6) is 1.66. The van der Waals surface area contributed by atoms with Crippen LogP contribution in [0.4, 0.5) is 0 Å². The second-order valence-electron chi connectivity index (χ2n) is 4.82. The summed E-state index contributed by atoms with van der Waals surface area (Å²) in [7, 11) is 0. The van der Waals surface area contributed by atoms with Gasteiger partial charge in [-0.05, 0) is 12.8 Å². The molecule has 88 valence electrons. The molecule has 2 heteroatoms. The van der Waals surface area contributed by atoms with E-state index in [0.29, 0.717) is 5.92 Å². The smallest absolute Gasteiger partial charge is 0.140 e. The van der Waals surface area contributed by atoms with Gasteiger partial charge in [0.05, 0.1) is 0 Å². The third-order valence-electron chi connectivity index (χ3n) is 3.61. The summed E-state index contributed by atoms with van der Waals surface area (Å²) in [6.45, 7) is 0. The molecule has 1 fully saturated rings. The van der Waals surface area contributed by atoms with Crippen molar-refractivity contribution in [3.8, 4) is 11.3 Å². The predicted octanol–water partition coefficient (Wildman–Crippen LogP) is 4.39. The summed E-state index contributed by atoms with van der Waals surface area (Å²) in [6, 6.07) is 12.3. The van der Waals surface area contributed by atoms with E-state index in [9.17, 15) is 0 Å². The van der Waals surface area contributed by atoms with Gasteiger partial charge in [-0.2, -0.15) is 0 Å². The molecule has 2 nitrogen and oxygen atoms in total. The molecule has 0 unspecified atom stereocenters. The van der Waals surface area contributed by atoms with Gasteiger partial charge in [0, 0.05) is 17.5 Å². The molecule has 0 amide bonds. The second-order valence-corrected chi connectivity index (χ2v) is 4.82. The second kappa shape index (κ2) is 4.74. The fraction of sp³-hybridized carbons (Fsp3) is 0.400. The molecule has 1 aliphatic carbocycles. The highest BCUT2D eigenvalue weighted by Gasteiger charge is 2.20. The van der Waals surface area contributed by atoms with E-state index < -0.39 is 0 Å². The lowest BCUT2D eigenvalue weighted by Crippen LogP contribution is -2.02. The maximum absolute atomic E-state index is 5.51. The third kappa shape index (κ3) is 2.26. The Bertz CT molecular complexity index is 469. The lowest BCUT2D eigenvalue weighted by Gasteiger charge is -2.18. The first-order valence-electron chi connectivity index (χ1n) is 6.45. The molecule has 0 aliphatic heterocycles. The van der Waals surface area contributed by atoms with Crippen molar-refractivity contribution < 1.29 is 4.52 Å². The molecule has 1 aromatic carbocycles. The molecule has 17 heavy (non-hydrogen) atoms. The van der Waals surface area contributed by atoms with Crippen molar-refractivity contribution in [2.45, 2.75) is 38.0 Å². The van der Waals surface area contributed by atoms with Crippen molar-refractivity contribution in [3.63, 3.8) is 0 Å². The van der Waals surface area contributed by atoms with Gasteiger partial charge in [-0.25, -0.2) is 0 Å². The van der Waals surface area contributed by atoms with Crippen LogP contribution < -0.4 is 0 Å². The molecule has 0 radical (unpaired) electrons. The molecule has 0 N–H and O–H groups in total. The Morgan fingerprint density at radius 2 is 1.76 bits per heavy atom. The van der Waals surface area contributed by atoms with Gasteiger partial charge in [-0.1, -0.05) is 54.8 Å². The van der Waals surface area contributed by atoms with Crippen LogP contribution in [0.1, 0.15) is 43.8 Å². The van der Waals surface area contributed by atoms with Gasteiger partial charge in [0.1, 0.15) is 11.5 Å². The first-order valence-corrected chi connectivity index (χ1v) is 6.45. The molecule has 1 aromatic heterocycles. The maximum Gasteiger partial charge on any atom is 0.140 e. The zero-order valence-electron chi connectivity index (χ0n) is 9.93. The summed E-state index contributed by atoms with van der Waals surface area (Å²) in [4.78, 5) is 0. The van der Waals surface area contributed by atoms with Gasteiger partial charge in [-0.15, -0.1) is 0 Å². The van der Waals surface area contributed by atoms with E-state index in [1.165, 1.54) is 32.1 Å². The van der Waals surface area contributed by atoms with Crippen LogP contribution in [0, 0.1) is 0 Å². The lowest BCUT2D eigenvalue weighted by molar-refractivity contribution is 0.322. The average Bonchev–Trinajstić information content (AvgIpc) is 2.90. The largest absolute Gasteiger partial charge is 0.360 e. The Balaban J connectivity index is 1.83. The molecule has 2 aromatic rings.